The number of halogens is 1. The Morgan fingerprint density at radius 1 is 1.44 bits per heavy atom. The highest BCUT2D eigenvalue weighted by Gasteiger charge is 2.49. The van der Waals surface area contributed by atoms with Crippen LogP contribution in [-0.4, -0.2) is 15.8 Å². The van der Waals surface area contributed by atoms with Gasteiger partial charge in [0.05, 0.1) is 0 Å². The lowest BCUT2D eigenvalue weighted by atomic mass is 9.75. The maximum atomic E-state index is 12.7. The molecule has 86 valence electrons. The number of hydrogen-bond acceptors (Lipinski definition) is 2. The summed E-state index contributed by atoms with van der Waals surface area (Å²) in [6.07, 6.45) is 1.37. The Balaban J connectivity index is 2.13. The van der Waals surface area contributed by atoms with Gasteiger partial charge in [-0.1, -0.05) is 6.92 Å². The van der Waals surface area contributed by atoms with Crippen LogP contribution >= 0.6 is 11.8 Å². The molecule has 4 heteroatoms. The van der Waals surface area contributed by atoms with Crippen molar-refractivity contribution in [2.75, 3.05) is 0 Å². The second kappa shape index (κ2) is 4.09. The molecule has 2 rings (SSSR count). The molecular formula is C12H13FO2S. The van der Waals surface area contributed by atoms with Crippen molar-refractivity contribution in [3.8, 4) is 0 Å². The molecule has 0 aromatic heterocycles. The molecule has 0 spiro atoms. The van der Waals surface area contributed by atoms with Crippen LogP contribution in [0, 0.1) is 11.7 Å². The van der Waals surface area contributed by atoms with Gasteiger partial charge in [-0.15, -0.1) is 11.8 Å². The highest BCUT2D eigenvalue weighted by molar-refractivity contribution is 8.01. The average molecular weight is 240 g/mol. The fourth-order valence-corrected chi connectivity index (χ4v) is 3.64. The van der Waals surface area contributed by atoms with Crippen LogP contribution in [0.1, 0.15) is 19.8 Å². The Labute approximate surface area is 97.9 Å². The standard InChI is InChI=1S/C12H13FO2S/c1-8-6-12(7-8,11(14)15)16-10-4-2-9(13)3-5-10/h2-5,8H,6-7H2,1H3,(H,14,15). The first-order valence-electron chi connectivity index (χ1n) is 5.20. The van der Waals surface area contributed by atoms with Gasteiger partial charge in [-0.3, -0.25) is 4.79 Å². The second-order valence-corrected chi connectivity index (χ2v) is 5.83. The molecule has 0 heterocycles. The van der Waals surface area contributed by atoms with Crippen molar-refractivity contribution in [1.29, 1.82) is 0 Å². The van der Waals surface area contributed by atoms with Crippen LogP contribution in [0.2, 0.25) is 0 Å². The van der Waals surface area contributed by atoms with Crippen molar-refractivity contribution in [2.45, 2.75) is 29.4 Å². The Morgan fingerprint density at radius 3 is 2.44 bits per heavy atom. The summed E-state index contributed by atoms with van der Waals surface area (Å²) < 4.78 is 12.0. The summed E-state index contributed by atoms with van der Waals surface area (Å²) in [5.41, 5.74) is 0. The minimum absolute atomic E-state index is 0.296. The van der Waals surface area contributed by atoms with Crippen LogP contribution in [0.3, 0.4) is 0 Å². The smallest absolute Gasteiger partial charge is 0.320 e. The van der Waals surface area contributed by atoms with Gasteiger partial charge in [0.2, 0.25) is 0 Å². The van der Waals surface area contributed by atoms with Crippen molar-refractivity contribution in [3.05, 3.63) is 30.1 Å². The lowest BCUT2D eigenvalue weighted by molar-refractivity contribution is -0.143. The maximum absolute atomic E-state index is 12.7. The van der Waals surface area contributed by atoms with Gasteiger partial charge in [-0.05, 0) is 43.0 Å². The lowest BCUT2D eigenvalue weighted by Crippen LogP contribution is -2.46. The van der Waals surface area contributed by atoms with Crippen molar-refractivity contribution in [2.24, 2.45) is 5.92 Å². The number of carboxylic acids is 1. The molecular weight excluding hydrogens is 227 g/mol. The molecule has 2 nitrogen and oxygen atoms in total. The zero-order chi connectivity index (χ0) is 11.8. The Morgan fingerprint density at radius 2 is 2.00 bits per heavy atom. The SMILES string of the molecule is CC1CC(Sc2ccc(F)cc2)(C(=O)O)C1. The summed E-state index contributed by atoms with van der Waals surface area (Å²) in [4.78, 5) is 12.0. The number of aliphatic carboxylic acids is 1. The van der Waals surface area contributed by atoms with E-state index in [4.69, 9.17) is 0 Å². The van der Waals surface area contributed by atoms with E-state index in [-0.39, 0.29) is 5.82 Å². The van der Waals surface area contributed by atoms with Gasteiger partial charge in [0.15, 0.2) is 0 Å². The summed E-state index contributed by atoms with van der Waals surface area (Å²) in [7, 11) is 0. The molecule has 0 saturated heterocycles. The van der Waals surface area contributed by atoms with Gasteiger partial charge in [0, 0.05) is 4.90 Å². The van der Waals surface area contributed by atoms with E-state index in [1.54, 1.807) is 12.1 Å². The van der Waals surface area contributed by atoms with E-state index in [0.717, 1.165) is 4.90 Å². The topological polar surface area (TPSA) is 37.3 Å². The van der Waals surface area contributed by atoms with Crippen LogP contribution in [0.25, 0.3) is 0 Å². The predicted octanol–water partition coefficient (Wildman–Crippen LogP) is 3.17. The molecule has 1 saturated carbocycles. The van der Waals surface area contributed by atoms with E-state index in [1.807, 2.05) is 6.92 Å². The molecule has 0 unspecified atom stereocenters. The highest BCUT2D eigenvalue weighted by atomic mass is 32.2. The first-order chi connectivity index (χ1) is 7.52. The van der Waals surface area contributed by atoms with Gasteiger partial charge in [0.1, 0.15) is 10.6 Å². The van der Waals surface area contributed by atoms with E-state index < -0.39 is 10.7 Å². The first kappa shape index (κ1) is 11.5. The summed E-state index contributed by atoms with van der Waals surface area (Å²) in [5, 5.41) is 9.22. The summed E-state index contributed by atoms with van der Waals surface area (Å²) >= 11 is 1.33. The molecule has 0 radical (unpaired) electrons. The van der Waals surface area contributed by atoms with Gasteiger partial charge >= 0.3 is 5.97 Å². The third-order valence-electron chi connectivity index (χ3n) is 2.87. The number of hydrogen-bond donors (Lipinski definition) is 1. The van der Waals surface area contributed by atoms with Crippen molar-refractivity contribution >= 4 is 17.7 Å². The third kappa shape index (κ3) is 2.07. The quantitative estimate of drug-likeness (QED) is 0.881. The number of benzene rings is 1. The number of carbonyl (C=O) groups is 1. The number of carboxylic acid groups (broad SMARTS) is 1. The first-order valence-corrected chi connectivity index (χ1v) is 6.01. The molecule has 1 fully saturated rings. The molecule has 16 heavy (non-hydrogen) atoms. The minimum atomic E-state index is -0.764. The number of rotatable bonds is 3. The van der Waals surface area contributed by atoms with E-state index in [2.05, 4.69) is 0 Å². The van der Waals surface area contributed by atoms with Crippen LogP contribution in [0.15, 0.2) is 29.2 Å². The van der Waals surface area contributed by atoms with E-state index in [9.17, 15) is 14.3 Å². The van der Waals surface area contributed by atoms with Crippen LogP contribution in [0.4, 0.5) is 4.39 Å². The van der Waals surface area contributed by atoms with Crippen molar-refractivity contribution in [3.63, 3.8) is 0 Å². The Hall–Kier alpha value is -1.03. The summed E-state index contributed by atoms with van der Waals surface area (Å²) in [6, 6.07) is 5.99. The molecule has 1 aliphatic carbocycles. The summed E-state index contributed by atoms with van der Waals surface area (Å²) in [6.45, 7) is 2.05. The van der Waals surface area contributed by atoms with Crippen LogP contribution in [-0.2, 0) is 4.79 Å². The highest BCUT2D eigenvalue weighted by Crippen LogP contribution is 2.50. The molecule has 0 bridgehead atoms. The van der Waals surface area contributed by atoms with Gasteiger partial charge < -0.3 is 5.11 Å². The van der Waals surface area contributed by atoms with Gasteiger partial charge in [0.25, 0.3) is 0 Å². The molecule has 1 aliphatic rings. The van der Waals surface area contributed by atoms with E-state index >= 15 is 0 Å². The van der Waals surface area contributed by atoms with Crippen molar-refractivity contribution < 1.29 is 14.3 Å². The Kier molecular flexibility index (Phi) is 2.93. The number of thioether (sulfide) groups is 1. The average Bonchev–Trinajstić information content (AvgIpc) is 2.18. The zero-order valence-corrected chi connectivity index (χ0v) is 9.76. The fraction of sp³-hybridized carbons (Fsp3) is 0.417. The third-order valence-corrected chi connectivity index (χ3v) is 4.28. The lowest BCUT2D eigenvalue weighted by Gasteiger charge is -2.42. The predicted molar refractivity (Wildman–Crippen MR) is 61.0 cm³/mol. The molecule has 0 amide bonds. The maximum Gasteiger partial charge on any atom is 0.320 e. The zero-order valence-electron chi connectivity index (χ0n) is 8.94. The molecule has 0 aliphatic heterocycles. The van der Waals surface area contributed by atoms with Gasteiger partial charge in [-0.25, -0.2) is 4.39 Å². The van der Waals surface area contributed by atoms with Crippen LogP contribution in [0.5, 0.6) is 0 Å². The fourth-order valence-electron chi connectivity index (χ4n) is 2.10. The van der Waals surface area contributed by atoms with E-state index in [1.165, 1.54) is 23.9 Å². The van der Waals surface area contributed by atoms with Crippen LogP contribution < -0.4 is 0 Å². The molecule has 1 N–H and O–H groups in total. The summed E-state index contributed by atoms with van der Waals surface area (Å²) in [5.74, 6) is -0.598. The largest absolute Gasteiger partial charge is 0.480 e. The van der Waals surface area contributed by atoms with E-state index in [0.29, 0.717) is 18.8 Å². The van der Waals surface area contributed by atoms with Crippen molar-refractivity contribution in [1.82, 2.24) is 0 Å². The Bertz CT molecular complexity index is 396. The minimum Gasteiger partial charge on any atom is -0.480 e. The molecule has 0 atom stereocenters. The monoisotopic (exact) mass is 240 g/mol. The second-order valence-electron chi connectivity index (χ2n) is 4.37. The molecule has 1 aromatic rings. The van der Waals surface area contributed by atoms with Gasteiger partial charge in [-0.2, -0.15) is 0 Å². The normalized spacial score (nSPS) is 28.5. The molecule has 1 aromatic carbocycles.